The molecule has 1 fully saturated rings. The van der Waals surface area contributed by atoms with Gasteiger partial charge in [-0.15, -0.1) is 0 Å². The number of benzene rings is 3. The monoisotopic (exact) mass is 370 g/mol. The molecule has 0 amide bonds. The minimum Gasteiger partial charge on any atom is -0.297 e. The maximum atomic E-state index is 12.7. The highest BCUT2D eigenvalue weighted by molar-refractivity contribution is 5.98. The largest absolute Gasteiger partial charge is 0.297 e. The van der Waals surface area contributed by atoms with Crippen LogP contribution in [0.2, 0.25) is 0 Å². The second kappa shape index (κ2) is 8.96. The molecule has 3 aromatic carbocycles. The van der Waals surface area contributed by atoms with Crippen molar-refractivity contribution in [2.24, 2.45) is 0 Å². The lowest BCUT2D eigenvalue weighted by atomic mass is 10.0. The third-order valence-corrected chi connectivity index (χ3v) is 5.40. The van der Waals surface area contributed by atoms with E-state index in [4.69, 9.17) is 0 Å². The van der Waals surface area contributed by atoms with Gasteiger partial charge in [0.1, 0.15) is 0 Å². The zero-order valence-corrected chi connectivity index (χ0v) is 16.1. The Kier molecular flexibility index (Phi) is 5.95. The van der Waals surface area contributed by atoms with E-state index in [9.17, 15) is 4.79 Å². The first-order valence-corrected chi connectivity index (χ1v) is 9.95. The van der Waals surface area contributed by atoms with E-state index in [-0.39, 0.29) is 5.78 Å². The van der Waals surface area contributed by atoms with Gasteiger partial charge in [0.25, 0.3) is 0 Å². The fraction of sp³-hybridized carbons (Fsp3) is 0.240. The fourth-order valence-corrected chi connectivity index (χ4v) is 3.72. The topological polar surface area (TPSA) is 23.6 Å². The predicted octanol–water partition coefficient (Wildman–Crippen LogP) is 4.35. The molecular formula is C25H26N2O. The molecule has 3 nitrogen and oxygen atoms in total. The van der Waals surface area contributed by atoms with E-state index in [1.807, 2.05) is 42.5 Å². The third kappa shape index (κ3) is 4.75. The van der Waals surface area contributed by atoms with Crippen molar-refractivity contribution in [3.05, 3.63) is 96.1 Å². The van der Waals surface area contributed by atoms with Crippen LogP contribution < -0.4 is 0 Å². The summed E-state index contributed by atoms with van der Waals surface area (Å²) in [6, 6.07) is 28.8. The van der Waals surface area contributed by atoms with E-state index in [1.54, 1.807) is 0 Å². The van der Waals surface area contributed by atoms with Gasteiger partial charge in [0, 0.05) is 38.3 Å². The maximum Gasteiger partial charge on any atom is 0.176 e. The Balaban J connectivity index is 1.29. The highest BCUT2D eigenvalue weighted by Crippen LogP contribution is 2.19. The van der Waals surface area contributed by atoms with Gasteiger partial charge in [-0.25, -0.2) is 0 Å². The molecule has 142 valence electrons. The van der Waals surface area contributed by atoms with E-state index in [2.05, 4.69) is 52.3 Å². The third-order valence-electron chi connectivity index (χ3n) is 5.40. The molecule has 3 aromatic rings. The van der Waals surface area contributed by atoms with Crippen LogP contribution in [0, 0.1) is 0 Å². The Morgan fingerprint density at radius 2 is 1.18 bits per heavy atom. The van der Waals surface area contributed by atoms with Gasteiger partial charge in [-0.1, -0.05) is 84.9 Å². The molecular weight excluding hydrogens is 344 g/mol. The highest BCUT2D eigenvalue weighted by Gasteiger charge is 2.19. The summed E-state index contributed by atoms with van der Waals surface area (Å²) >= 11 is 0. The van der Waals surface area contributed by atoms with Crippen molar-refractivity contribution in [3.8, 4) is 11.1 Å². The average molecular weight is 370 g/mol. The van der Waals surface area contributed by atoms with Crippen LogP contribution in [0.1, 0.15) is 15.9 Å². The summed E-state index contributed by atoms with van der Waals surface area (Å²) in [5.74, 6) is 0.205. The van der Waals surface area contributed by atoms with E-state index >= 15 is 0 Å². The minimum atomic E-state index is 0.205. The highest BCUT2D eigenvalue weighted by atomic mass is 16.1. The van der Waals surface area contributed by atoms with Gasteiger partial charge in [0.15, 0.2) is 5.78 Å². The summed E-state index contributed by atoms with van der Waals surface area (Å²) in [6.45, 7) is 5.40. The van der Waals surface area contributed by atoms with Crippen molar-refractivity contribution in [3.63, 3.8) is 0 Å². The molecule has 0 bridgehead atoms. The molecule has 0 N–H and O–H groups in total. The summed E-state index contributed by atoms with van der Waals surface area (Å²) in [5, 5.41) is 0. The van der Waals surface area contributed by atoms with Gasteiger partial charge < -0.3 is 0 Å². The zero-order valence-electron chi connectivity index (χ0n) is 16.1. The summed E-state index contributed by atoms with van der Waals surface area (Å²) in [7, 11) is 0. The van der Waals surface area contributed by atoms with Gasteiger partial charge in [-0.3, -0.25) is 14.6 Å². The lowest BCUT2D eigenvalue weighted by molar-refractivity contribution is 0.0844. The summed E-state index contributed by atoms with van der Waals surface area (Å²) < 4.78 is 0. The van der Waals surface area contributed by atoms with Crippen LogP contribution in [0.3, 0.4) is 0 Å². The number of nitrogens with zero attached hydrogens (tertiary/aromatic N) is 2. The van der Waals surface area contributed by atoms with Crippen LogP contribution in [0.15, 0.2) is 84.9 Å². The second-order valence-corrected chi connectivity index (χ2v) is 7.40. The Labute approximate surface area is 167 Å². The standard InChI is InChI=1S/C25H26N2O/c28-25(24-13-11-23(12-14-24)22-9-5-2-6-10-22)20-27-17-15-26(16-18-27)19-21-7-3-1-4-8-21/h1-14H,15-20H2. The van der Waals surface area contributed by atoms with Crippen molar-refractivity contribution >= 4 is 5.78 Å². The summed E-state index contributed by atoms with van der Waals surface area (Å²) in [4.78, 5) is 17.4. The van der Waals surface area contributed by atoms with Gasteiger partial charge >= 0.3 is 0 Å². The Morgan fingerprint density at radius 1 is 0.643 bits per heavy atom. The van der Waals surface area contributed by atoms with Crippen molar-refractivity contribution in [2.45, 2.75) is 6.54 Å². The average Bonchev–Trinajstić information content (AvgIpc) is 2.76. The van der Waals surface area contributed by atoms with E-state index < -0.39 is 0 Å². The first-order chi connectivity index (χ1) is 13.8. The first-order valence-electron chi connectivity index (χ1n) is 9.95. The lowest BCUT2D eigenvalue weighted by Crippen LogP contribution is -2.47. The normalized spacial score (nSPS) is 15.4. The van der Waals surface area contributed by atoms with E-state index in [0.717, 1.165) is 43.9 Å². The number of hydrogen-bond acceptors (Lipinski definition) is 3. The van der Waals surface area contributed by atoms with Crippen LogP contribution in [0.5, 0.6) is 0 Å². The molecule has 28 heavy (non-hydrogen) atoms. The zero-order chi connectivity index (χ0) is 19.2. The van der Waals surface area contributed by atoms with E-state index in [1.165, 1.54) is 11.1 Å². The molecule has 0 aromatic heterocycles. The number of hydrogen-bond donors (Lipinski definition) is 0. The molecule has 0 unspecified atom stereocenters. The second-order valence-electron chi connectivity index (χ2n) is 7.40. The van der Waals surface area contributed by atoms with Crippen molar-refractivity contribution < 1.29 is 4.79 Å². The van der Waals surface area contributed by atoms with Crippen molar-refractivity contribution in [2.75, 3.05) is 32.7 Å². The number of piperazine rings is 1. The minimum absolute atomic E-state index is 0.205. The number of carbonyl (C=O) groups is 1. The molecule has 1 aliphatic heterocycles. The van der Waals surface area contributed by atoms with Crippen LogP contribution in [0.25, 0.3) is 11.1 Å². The molecule has 1 aliphatic rings. The molecule has 1 heterocycles. The molecule has 4 rings (SSSR count). The van der Waals surface area contributed by atoms with Gasteiger partial charge in [-0.2, -0.15) is 0 Å². The molecule has 0 saturated carbocycles. The Morgan fingerprint density at radius 3 is 1.82 bits per heavy atom. The molecule has 1 saturated heterocycles. The first kappa shape index (κ1) is 18.6. The SMILES string of the molecule is O=C(CN1CCN(Cc2ccccc2)CC1)c1ccc(-c2ccccc2)cc1. The number of Topliss-reactive ketones (excluding diaryl/α,β-unsaturated/α-hetero) is 1. The molecule has 3 heteroatoms. The van der Waals surface area contributed by atoms with Crippen molar-refractivity contribution in [1.82, 2.24) is 9.80 Å². The fourth-order valence-electron chi connectivity index (χ4n) is 3.72. The van der Waals surface area contributed by atoms with Gasteiger partial charge in [-0.05, 0) is 16.7 Å². The summed E-state index contributed by atoms with van der Waals surface area (Å²) in [5.41, 5.74) is 4.47. The lowest BCUT2D eigenvalue weighted by Gasteiger charge is -2.34. The van der Waals surface area contributed by atoms with E-state index in [0.29, 0.717) is 6.54 Å². The van der Waals surface area contributed by atoms with Gasteiger partial charge in [0.05, 0.1) is 6.54 Å². The van der Waals surface area contributed by atoms with Crippen LogP contribution in [0.4, 0.5) is 0 Å². The molecule has 0 spiro atoms. The molecule has 0 atom stereocenters. The Hall–Kier alpha value is -2.75. The van der Waals surface area contributed by atoms with Crippen LogP contribution in [-0.4, -0.2) is 48.3 Å². The van der Waals surface area contributed by atoms with Crippen molar-refractivity contribution in [1.29, 1.82) is 0 Å². The summed E-state index contributed by atoms with van der Waals surface area (Å²) in [6.07, 6.45) is 0. The quantitative estimate of drug-likeness (QED) is 0.603. The molecule has 0 aliphatic carbocycles. The Bertz CT molecular complexity index is 883. The smallest absolute Gasteiger partial charge is 0.176 e. The molecule has 0 radical (unpaired) electrons. The number of rotatable bonds is 6. The van der Waals surface area contributed by atoms with Gasteiger partial charge in [0.2, 0.25) is 0 Å². The van der Waals surface area contributed by atoms with Crippen LogP contribution >= 0.6 is 0 Å². The predicted molar refractivity (Wildman–Crippen MR) is 114 cm³/mol. The van der Waals surface area contributed by atoms with Crippen LogP contribution in [-0.2, 0) is 6.54 Å². The maximum absolute atomic E-state index is 12.7. The number of ketones is 1. The number of carbonyl (C=O) groups excluding carboxylic acids is 1.